The molecular weight excluding hydrogens is 328 g/mol. The van der Waals surface area contributed by atoms with Crippen molar-refractivity contribution < 1.29 is 19.8 Å². The van der Waals surface area contributed by atoms with Gasteiger partial charge in [-0.15, -0.1) is 0 Å². The molecule has 0 atom stereocenters. The maximum Gasteiger partial charge on any atom is 0.332 e. The minimum Gasteiger partial charge on any atom is -0.478 e. The number of hydrogen-bond acceptors (Lipinski definition) is 2. The molecule has 2 N–H and O–H groups in total. The highest BCUT2D eigenvalue weighted by atomic mass is 35.5. The van der Waals surface area contributed by atoms with Crippen LogP contribution < -0.4 is 0 Å². The van der Waals surface area contributed by atoms with Crippen molar-refractivity contribution in [2.45, 2.75) is 19.3 Å². The molecule has 0 fully saturated rings. The van der Waals surface area contributed by atoms with Crippen LogP contribution in [-0.4, -0.2) is 22.2 Å². The lowest BCUT2D eigenvalue weighted by Gasteiger charge is -2.10. The van der Waals surface area contributed by atoms with Gasteiger partial charge in [-0.05, 0) is 30.0 Å². The molecule has 4 nitrogen and oxygen atoms in total. The van der Waals surface area contributed by atoms with Crippen LogP contribution in [0.1, 0.15) is 17.5 Å². The second-order valence-corrected chi connectivity index (χ2v) is 5.73. The van der Waals surface area contributed by atoms with Crippen molar-refractivity contribution in [2.24, 2.45) is 0 Å². The van der Waals surface area contributed by atoms with Gasteiger partial charge in [-0.2, -0.15) is 0 Å². The van der Waals surface area contributed by atoms with Crippen LogP contribution in [0.2, 0.25) is 5.02 Å². The van der Waals surface area contributed by atoms with Crippen LogP contribution in [0.25, 0.3) is 0 Å². The molecule has 0 heterocycles. The highest BCUT2D eigenvalue weighted by Crippen LogP contribution is 2.23. The number of carboxylic acids is 2. The van der Waals surface area contributed by atoms with Gasteiger partial charge in [-0.25, -0.2) is 9.59 Å². The fourth-order valence-electron chi connectivity index (χ4n) is 2.44. The fraction of sp³-hybridized carbons (Fsp3) is 0.158. The van der Waals surface area contributed by atoms with Gasteiger partial charge < -0.3 is 10.2 Å². The Kier molecular flexibility index (Phi) is 6.15. The first-order valence-electron chi connectivity index (χ1n) is 7.45. The molecule has 0 saturated heterocycles. The number of hydrogen-bond donors (Lipinski definition) is 2. The lowest BCUT2D eigenvalue weighted by molar-refractivity contribution is -0.136. The van der Waals surface area contributed by atoms with Gasteiger partial charge in [0, 0.05) is 17.0 Å². The van der Waals surface area contributed by atoms with E-state index in [-0.39, 0.29) is 24.0 Å². The summed E-state index contributed by atoms with van der Waals surface area (Å²) in [6, 6.07) is 16.2. The van der Waals surface area contributed by atoms with Gasteiger partial charge in [-0.3, -0.25) is 0 Å². The molecule has 0 spiro atoms. The van der Waals surface area contributed by atoms with E-state index in [0.29, 0.717) is 17.0 Å². The maximum absolute atomic E-state index is 11.6. The average Bonchev–Trinajstić information content (AvgIpc) is 2.56. The van der Waals surface area contributed by atoms with Crippen molar-refractivity contribution in [3.63, 3.8) is 0 Å². The second kappa shape index (κ2) is 8.31. The number of carbonyl (C=O) groups is 2. The third-order valence-corrected chi connectivity index (χ3v) is 4.08. The predicted octanol–water partition coefficient (Wildman–Crippen LogP) is 3.98. The van der Waals surface area contributed by atoms with Gasteiger partial charge in [0.25, 0.3) is 0 Å². The first kappa shape index (κ1) is 17.8. The predicted molar refractivity (Wildman–Crippen MR) is 92.2 cm³/mol. The Morgan fingerprint density at radius 1 is 0.833 bits per heavy atom. The van der Waals surface area contributed by atoms with E-state index >= 15 is 0 Å². The molecule has 0 aromatic heterocycles. The zero-order valence-electron chi connectivity index (χ0n) is 12.9. The molecule has 2 aromatic carbocycles. The lowest BCUT2D eigenvalue weighted by atomic mass is 9.95. The summed E-state index contributed by atoms with van der Waals surface area (Å²) in [5.74, 6) is -2.45. The molecule has 0 aliphatic rings. The van der Waals surface area contributed by atoms with Gasteiger partial charge in [0.2, 0.25) is 0 Å². The standard InChI is InChI=1S/C19H17ClO4/c20-17-9-5-4-8-14(17)12-16(19(23)24)15(18(21)22)11-10-13-6-2-1-3-7-13/h1-9H,10-12H2,(H,21,22)(H,23,24)/b16-15-. The molecule has 0 unspecified atom stereocenters. The van der Waals surface area contributed by atoms with Crippen LogP contribution in [0.3, 0.4) is 0 Å². The molecule has 24 heavy (non-hydrogen) atoms. The highest BCUT2D eigenvalue weighted by molar-refractivity contribution is 6.31. The number of benzene rings is 2. The topological polar surface area (TPSA) is 74.6 Å². The monoisotopic (exact) mass is 344 g/mol. The Hall–Kier alpha value is -2.59. The van der Waals surface area contributed by atoms with Crippen molar-refractivity contribution in [3.05, 3.63) is 81.9 Å². The summed E-state index contributed by atoms with van der Waals surface area (Å²) >= 11 is 6.07. The number of carboxylic acid groups (broad SMARTS) is 2. The van der Waals surface area contributed by atoms with Crippen molar-refractivity contribution in [3.8, 4) is 0 Å². The zero-order chi connectivity index (χ0) is 17.5. The van der Waals surface area contributed by atoms with Gasteiger partial charge in [0.05, 0.1) is 5.57 Å². The summed E-state index contributed by atoms with van der Waals surface area (Å²) < 4.78 is 0. The van der Waals surface area contributed by atoms with E-state index in [9.17, 15) is 19.8 Å². The third kappa shape index (κ3) is 4.70. The van der Waals surface area contributed by atoms with Gasteiger partial charge in [0.15, 0.2) is 0 Å². The van der Waals surface area contributed by atoms with Crippen molar-refractivity contribution in [1.29, 1.82) is 0 Å². The molecule has 2 rings (SSSR count). The van der Waals surface area contributed by atoms with Crippen LogP contribution in [0.15, 0.2) is 65.7 Å². The van der Waals surface area contributed by atoms with E-state index < -0.39 is 11.9 Å². The van der Waals surface area contributed by atoms with E-state index in [4.69, 9.17) is 11.6 Å². The van der Waals surface area contributed by atoms with Crippen molar-refractivity contribution >= 4 is 23.5 Å². The van der Waals surface area contributed by atoms with Crippen LogP contribution in [0.4, 0.5) is 0 Å². The number of halogens is 1. The van der Waals surface area contributed by atoms with E-state index in [1.165, 1.54) is 0 Å². The lowest BCUT2D eigenvalue weighted by Crippen LogP contribution is -2.14. The summed E-state index contributed by atoms with van der Waals surface area (Å²) in [6.45, 7) is 0. The largest absolute Gasteiger partial charge is 0.478 e. The molecule has 0 bridgehead atoms. The molecule has 0 aliphatic heterocycles. The first-order chi connectivity index (χ1) is 11.5. The Morgan fingerprint density at radius 3 is 2.00 bits per heavy atom. The van der Waals surface area contributed by atoms with Gasteiger partial charge in [0.1, 0.15) is 0 Å². The van der Waals surface area contributed by atoms with Crippen LogP contribution in [-0.2, 0) is 22.4 Å². The Morgan fingerprint density at radius 2 is 1.42 bits per heavy atom. The average molecular weight is 345 g/mol. The smallest absolute Gasteiger partial charge is 0.332 e. The quantitative estimate of drug-likeness (QED) is 0.745. The SMILES string of the molecule is O=C(O)/C(CCc1ccccc1)=C(/Cc1ccccc1Cl)C(=O)O. The van der Waals surface area contributed by atoms with Gasteiger partial charge in [-0.1, -0.05) is 60.1 Å². The third-order valence-electron chi connectivity index (χ3n) is 3.71. The molecule has 0 radical (unpaired) electrons. The number of rotatable bonds is 7. The van der Waals surface area contributed by atoms with Gasteiger partial charge >= 0.3 is 11.9 Å². The molecule has 0 amide bonds. The summed E-state index contributed by atoms with van der Waals surface area (Å²) in [4.78, 5) is 23.2. The number of aryl methyl sites for hydroxylation is 1. The molecule has 124 valence electrons. The Balaban J connectivity index is 2.31. The van der Waals surface area contributed by atoms with E-state index in [2.05, 4.69) is 0 Å². The minimum absolute atomic E-state index is 0.0224. The van der Waals surface area contributed by atoms with E-state index in [0.717, 1.165) is 5.56 Å². The maximum atomic E-state index is 11.6. The van der Waals surface area contributed by atoms with Crippen molar-refractivity contribution in [2.75, 3.05) is 0 Å². The van der Waals surface area contributed by atoms with Crippen LogP contribution in [0.5, 0.6) is 0 Å². The summed E-state index contributed by atoms with van der Waals surface area (Å²) in [5, 5.41) is 19.4. The first-order valence-corrected chi connectivity index (χ1v) is 7.82. The van der Waals surface area contributed by atoms with Crippen molar-refractivity contribution in [1.82, 2.24) is 0 Å². The summed E-state index contributed by atoms with van der Waals surface area (Å²) in [5.41, 5.74) is 1.33. The Bertz CT molecular complexity index is 766. The molecular formula is C19H17ClO4. The summed E-state index contributed by atoms with van der Waals surface area (Å²) in [7, 11) is 0. The molecule has 5 heteroatoms. The highest BCUT2D eigenvalue weighted by Gasteiger charge is 2.21. The van der Waals surface area contributed by atoms with E-state index in [1.54, 1.807) is 24.3 Å². The van der Waals surface area contributed by atoms with Crippen LogP contribution in [0, 0.1) is 0 Å². The molecule has 0 aliphatic carbocycles. The molecule has 2 aromatic rings. The van der Waals surface area contributed by atoms with E-state index in [1.807, 2.05) is 30.3 Å². The minimum atomic E-state index is -1.24. The zero-order valence-corrected chi connectivity index (χ0v) is 13.7. The summed E-state index contributed by atoms with van der Waals surface area (Å²) in [6.07, 6.45) is 0.582. The fourth-order valence-corrected chi connectivity index (χ4v) is 2.65. The number of aliphatic carboxylic acids is 2. The normalized spacial score (nSPS) is 11.7. The second-order valence-electron chi connectivity index (χ2n) is 5.32. The molecule has 0 saturated carbocycles. The Labute approximate surface area is 145 Å². The van der Waals surface area contributed by atoms with Crippen LogP contribution >= 0.6 is 11.6 Å².